The van der Waals surface area contributed by atoms with Gasteiger partial charge in [0.2, 0.25) is 5.91 Å². The molecule has 1 aromatic carbocycles. The lowest BCUT2D eigenvalue weighted by molar-refractivity contribution is -0.126. The van der Waals surface area contributed by atoms with Crippen LogP contribution in [0.4, 0.5) is 4.79 Å². The molecular weight excluding hydrogens is 324 g/mol. The minimum atomic E-state index is -0.288. The van der Waals surface area contributed by atoms with Crippen molar-refractivity contribution in [3.8, 4) is 0 Å². The van der Waals surface area contributed by atoms with E-state index in [9.17, 15) is 14.4 Å². The summed E-state index contributed by atoms with van der Waals surface area (Å²) < 4.78 is 0. The molecule has 1 aliphatic carbocycles. The Morgan fingerprint density at radius 1 is 1.21 bits per heavy atom. The molecule has 1 heterocycles. The van der Waals surface area contributed by atoms with Gasteiger partial charge in [0.1, 0.15) is 0 Å². The van der Waals surface area contributed by atoms with Gasteiger partial charge in [0.25, 0.3) is 11.1 Å². The average molecular weight is 344 g/mol. The van der Waals surface area contributed by atoms with Crippen molar-refractivity contribution in [2.24, 2.45) is 5.92 Å². The number of hydrogen-bond donors (Lipinski definition) is 1. The fourth-order valence-electron chi connectivity index (χ4n) is 3.02. The Labute approximate surface area is 145 Å². The molecule has 1 aliphatic heterocycles. The van der Waals surface area contributed by atoms with E-state index >= 15 is 0 Å². The van der Waals surface area contributed by atoms with Crippen molar-refractivity contribution in [1.29, 1.82) is 0 Å². The first-order valence-corrected chi connectivity index (χ1v) is 9.05. The van der Waals surface area contributed by atoms with Crippen molar-refractivity contribution in [1.82, 2.24) is 10.2 Å². The Bertz CT molecular complexity index is 666. The Kier molecular flexibility index (Phi) is 5.35. The molecule has 0 atom stereocenters. The molecule has 6 heteroatoms. The quantitative estimate of drug-likeness (QED) is 0.834. The smallest absolute Gasteiger partial charge is 0.293 e. The molecule has 3 amide bonds. The average Bonchev–Trinajstić information content (AvgIpc) is 3.20. The summed E-state index contributed by atoms with van der Waals surface area (Å²) in [7, 11) is 0. The van der Waals surface area contributed by atoms with E-state index in [1.54, 1.807) is 6.08 Å². The van der Waals surface area contributed by atoms with Crippen LogP contribution in [-0.2, 0) is 9.59 Å². The standard InChI is InChI=1S/C18H20N2O3S/c21-16(14-8-4-5-9-14)19-10-11-20-17(22)15(24-18(20)23)12-13-6-2-1-3-7-13/h1-3,6-7,12,14H,4-5,8-11H2,(H,19,21)/b15-12-. The topological polar surface area (TPSA) is 66.5 Å². The van der Waals surface area contributed by atoms with Crippen molar-refractivity contribution in [2.45, 2.75) is 25.7 Å². The first kappa shape index (κ1) is 16.8. The number of nitrogens with one attached hydrogen (secondary N) is 1. The van der Waals surface area contributed by atoms with E-state index in [2.05, 4.69) is 5.32 Å². The number of amides is 3. The van der Waals surface area contributed by atoms with Crippen LogP contribution < -0.4 is 5.32 Å². The van der Waals surface area contributed by atoms with Gasteiger partial charge < -0.3 is 5.32 Å². The van der Waals surface area contributed by atoms with Crippen LogP contribution in [0, 0.1) is 5.92 Å². The van der Waals surface area contributed by atoms with Gasteiger partial charge >= 0.3 is 0 Å². The number of thioether (sulfide) groups is 1. The van der Waals surface area contributed by atoms with E-state index in [-0.39, 0.29) is 29.5 Å². The minimum absolute atomic E-state index is 0.0410. The molecule has 126 valence electrons. The van der Waals surface area contributed by atoms with Gasteiger partial charge in [-0.3, -0.25) is 19.3 Å². The maximum Gasteiger partial charge on any atom is 0.293 e. The van der Waals surface area contributed by atoms with E-state index in [0.29, 0.717) is 11.4 Å². The fraction of sp³-hybridized carbons (Fsp3) is 0.389. The van der Waals surface area contributed by atoms with Gasteiger partial charge in [-0.2, -0.15) is 0 Å². The van der Waals surface area contributed by atoms with Gasteiger partial charge in [0.05, 0.1) is 4.91 Å². The second-order valence-corrected chi connectivity index (χ2v) is 7.01. The maximum atomic E-state index is 12.4. The van der Waals surface area contributed by atoms with Crippen LogP contribution in [0.2, 0.25) is 0 Å². The molecule has 1 saturated carbocycles. The molecule has 2 aliphatic rings. The molecule has 1 N–H and O–H groups in total. The normalized spacial score (nSPS) is 20.2. The molecule has 0 unspecified atom stereocenters. The number of rotatable bonds is 5. The van der Waals surface area contributed by atoms with E-state index in [1.165, 1.54) is 4.90 Å². The lowest BCUT2D eigenvalue weighted by Gasteiger charge is -2.14. The molecule has 2 fully saturated rings. The predicted molar refractivity (Wildman–Crippen MR) is 94.1 cm³/mol. The van der Waals surface area contributed by atoms with Crippen molar-refractivity contribution in [2.75, 3.05) is 13.1 Å². The van der Waals surface area contributed by atoms with Crippen LogP contribution in [0.1, 0.15) is 31.2 Å². The van der Waals surface area contributed by atoms with Crippen molar-refractivity contribution >= 4 is 34.9 Å². The summed E-state index contributed by atoms with van der Waals surface area (Å²) in [5.74, 6) is -0.152. The number of carbonyl (C=O) groups is 3. The fourth-order valence-corrected chi connectivity index (χ4v) is 3.88. The van der Waals surface area contributed by atoms with Crippen LogP contribution in [-0.4, -0.2) is 35.0 Å². The van der Waals surface area contributed by atoms with E-state index in [1.807, 2.05) is 30.3 Å². The van der Waals surface area contributed by atoms with Gasteiger partial charge in [-0.15, -0.1) is 0 Å². The molecule has 0 spiro atoms. The summed E-state index contributed by atoms with van der Waals surface area (Å²) in [5, 5.41) is 2.56. The summed E-state index contributed by atoms with van der Waals surface area (Å²) in [5.41, 5.74) is 0.887. The molecule has 0 radical (unpaired) electrons. The van der Waals surface area contributed by atoms with Crippen LogP contribution in [0.3, 0.4) is 0 Å². The summed E-state index contributed by atoms with van der Waals surface area (Å²) in [6.45, 7) is 0.529. The van der Waals surface area contributed by atoms with Gasteiger partial charge in [0, 0.05) is 19.0 Å². The van der Waals surface area contributed by atoms with E-state index in [4.69, 9.17) is 0 Å². The minimum Gasteiger partial charge on any atom is -0.354 e. The Morgan fingerprint density at radius 2 is 1.92 bits per heavy atom. The summed E-state index contributed by atoms with van der Waals surface area (Å²) in [6.07, 6.45) is 5.80. The van der Waals surface area contributed by atoms with Crippen molar-refractivity contribution < 1.29 is 14.4 Å². The van der Waals surface area contributed by atoms with Crippen LogP contribution >= 0.6 is 11.8 Å². The maximum absolute atomic E-state index is 12.4. The molecule has 5 nitrogen and oxygen atoms in total. The molecule has 3 rings (SSSR count). The van der Waals surface area contributed by atoms with Gasteiger partial charge in [0.15, 0.2) is 0 Å². The monoisotopic (exact) mass is 344 g/mol. The molecule has 1 saturated heterocycles. The third-order valence-electron chi connectivity index (χ3n) is 4.33. The number of imide groups is 1. The van der Waals surface area contributed by atoms with E-state index in [0.717, 1.165) is 43.0 Å². The summed E-state index contributed by atoms with van der Waals surface area (Å²) in [4.78, 5) is 38.0. The van der Waals surface area contributed by atoms with Gasteiger partial charge in [-0.25, -0.2) is 0 Å². The number of hydrogen-bond acceptors (Lipinski definition) is 4. The molecule has 1 aromatic rings. The highest BCUT2D eigenvalue weighted by Crippen LogP contribution is 2.31. The SMILES string of the molecule is O=C(NCCN1C(=O)S/C(=C\c2ccccc2)C1=O)C1CCCC1. The number of carbonyl (C=O) groups excluding carboxylic acids is 3. The van der Waals surface area contributed by atoms with Crippen molar-refractivity contribution in [3.63, 3.8) is 0 Å². The highest BCUT2D eigenvalue weighted by atomic mass is 32.2. The Balaban J connectivity index is 1.54. The third-order valence-corrected chi connectivity index (χ3v) is 5.24. The Hall–Kier alpha value is -2.08. The highest BCUT2D eigenvalue weighted by molar-refractivity contribution is 8.18. The lowest BCUT2D eigenvalue weighted by Crippen LogP contribution is -2.39. The van der Waals surface area contributed by atoms with Gasteiger partial charge in [-0.05, 0) is 36.2 Å². The molecule has 0 bridgehead atoms. The first-order chi connectivity index (χ1) is 11.6. The van der Waals surface area contributed by atoms with Crippen LogP contribution in [0.15, 0.2) is 35.2 Å². The lowest BCUT2D eigenvalue weighted by atomic mass is 10.1. The Morgan fingerprint density at radius 3 is 2.62 bits per heavy atom. The third kappa shape index (κ3) is 3.87. The zero-order valence-electron chi connectivity index (χ0n) is 13.4. The van der Waals surface area contributed by atoms with Gasteiger partial charge in [-0.1, -0.05) is 43.2 Å². The highest BCUT2D eigenvalue weighted by Gasteiger charge is 2.34. The van der Waals surface area contributed by atoms with E-state index < -0.39 is 0 Å². The predicted octanol–water partition coefficient (Wildman–Crippen LogP) is 3.03. The summed E-state index contributed by atoms with van der Waals surface area (Å²) >= 11 is 0.947. The molecule has 24 heavy (non-hydrogen) atoms. The second-order valence-electron chi connectivity index (χ2n) is 6.02. The molecular formula is C18H20N2O3S. The zero-order chi connectivity index (χ0) is 16.9. The second kappa shape index (κ2) is 7.66. The summed E-state index contributed by atoms with van der Waals surface area (Å²) in [6, 6.07) is 9.44. The number of nitrogens with zero attached hydrogens (tertiary/aromatic N) is 1. The largest absolute Gasteiger partial charge is 0.354 e. The zero-order valence-corrected chi connectivity index (χ0v) is 14.2. The van der Waals surface area contributed by atoms with Crippen molar-refractivity contribution in [3.05, 3.63) is 40.8 Å². The first-order valence-electron chi connectivity index (χ1n) is 8.23. The molecule has 0 aromatic heterocycles. The number of benzene rings is 1. The van der Waals surface area contributed by atoms with Crippen LogP contribution in [0.5, 0.6) is 0 Å². The van der Waals surface area contributed by atoms with Crippen LogP contribution in [0.25, 0.3) is 6.08 Å².